The van der Waals surface area contributed by atoms with Crippen LogP contribution in [0.5, 0.6) is 0 Å². The van der Waals surface area contributed by atoms with Crippen molar-refractivity contribution in [2.75, 3.05) is 0 Å². The van der Waals surface area contributed by atoms with Crippen molar-refractivity contribution in [1.82, 2.24) is 0 Å². The quantitative estimate of drug-likeness (QED) is 0.461. The van der Waals surface area contributed by atoms with Gasteiger partial charge in [0.1, 0.15) is 0 Å². The van der Waals surface area contributed by atoms with Crippen molar-refractivity contribution < 1.29 is 19.4 Å². The topological polar surface area (TPSA) is 63.6 Å². The summed E-state index contributed by atoms with van der Waals surface area (Å²) in [5, 5.41) is 9.32. The Hall–Kier alpha value is -1.68. The van der Waals surface area contributed by atoms with Crippen molar-refractivity contribution in [2.24, 2.45) is 0 Å². The van der Waals surface area contributed by atoms with Crippen LogP contribution in [0.15, 0.2) is 24.3 Å². The zero-order valence-corrected chi connectivity index (χ0v) is 6.56. The fourth-order valence-electron chi connectivity index (χ4n) is 1.25. The molecule has 0 saturated carbocycles. The third-order valence-electron chi connectivity index (χ3n) is 1.89. The Bertz CT molecular complexity index is 383. The number of hydrogen-bond donors (Lipinski definition) is 1. The van der Waals surface area contributed by atoms with Crippen LogP contribution >= 0.6 is 0 Å². The molecule has 1 N–H and O–H groups in total. The Morgan fingerprint density at radius 2 is 1.92 bits per heavy atom. The molecule has 2 rings (SSSR count). The van der Waals surface area contributed by atoms with E-state index in [-0.39, 0.29) is 5.56 Å². The van der Waals surface area contributed by atoms with Crippen LogP contribution in [-0.4, -0.2) is 17.0 Å². The van der Waals surface area contributed by atoms with Crippen LogP contribution in [0.25, 0.3) is 0 Å². The average Bonchev–Trinajstić information content (AvgIpc) is 2.15. The van der Waals surface area contributed by atoms with E-state index in [2.05, 4.69) is 4.74 Å². The molecule has 0 spiro atoms. The Balaban J connectivity index is 2.60. The van der Waals surface area contributed by atoms with Crippen molar-refractivity contribution in [3.05, 3.63) is 35.4 Å². The van der Waals surface area contributed by atoms with E-state index in [0.717, 1.165) is 0 Å². The molecule has 0 radical (unpaired) electrons. The number of carbonyl (C=O) groups is 2. The van der Waals surface area contributed by atoms with E-state index in [0.29, 0.717) is 5.56 Å². The highest BCUT2D eigenvalue weighted by atomic mass is 16.6. The fourth-order valence-corrected chi connectivity index (χ4v) is 1.25. The molecule has 0 aromatic heterocycles. The molecule has 4 nitrogen and oxygen atoms in total. The highest BCUT2D eigenvalue weighted by molar-refractivity contribution is 6.03. The number of aliphatic hydroxyl groups is 1. The molecule has 0 unspecified atom stereocenters. The van der Waals surface area contributed by atoms with Crippen LogP contribution < -0.4 is 0 Å². The number of benzene rings is 1. The largest absolute Gasteiger partial charge is 0.387 e. The summed E-state index contributed by atoms with van der Waals surface area (Å²) in [6.45, 7) is 0. The molecular weight excluding hydrogens is 172 g/mol. The molecular formula is C9H6O4. The van der Waals surface area contributed by atoms with Gasteiger partial charge in [-0.05, 0) is 6.07 Å². The van der Waals surface area contributed by atoms with Crippen LogP contribution in [0.2, 0.25) is 0 Å². The molecule has 0 aliphatic carbocycles. The molecule has 0 bridgehead atoms. The molecule has 1 heterocycles. The van der Waals surface area contributed by atoms with Crippen molar-refractivity contribution in [1.29, 1.82) is 0 Å². The van der Waals surface area contributed by atoms with E-state index in [1.807, 2.05) is 0 Å². The summed E-state index contributed by atoms with van der Waals surface area (Å²) in [5.74, 6) is -1.62. The summed E-state index contributed by atoms with van der Waals surface area (Å²) in [4.78, 5) is 22.0. The summed E-state index contributed by atoms with van der Waals surface area (Å²) >= 11 is 0. The lowest BCUT2D eigenvalue weighted by Gasteiger charge is -2.18. The molecule has 0 amide bonds. The highest BCUT2D eigenvalue weighted by Gasteiger charge is 2.32. The maximum Gasteiger partial charge on any atom is 0.347 e. The minimum Gasteiger partial charge on any atom is -0.387 e. The van der Waals surface area contributed by atoms with Crippen LogP contribution in [-0.2, 0) is 9.53 Å². The summed E-state index contributed by atoms with van der Waals surface area (Å²) < 4.78 is 4.30. The predicted molar refractivity (Wildman–Crippen MR) is 41.8 cm³/mol. The van der Waals surface area contributed by atoms with E-state index in [4.69, 9.17) is 0 Å². The van der Waals surface area contributed by atoms with Crippen LogP contribution in [0.4, 0.5) is 0 Å². The zero-order chi connectivity index (χ0) is 9.42. The maximum atomic E-state index is 11.1. The minimum absolute atomic E-state index is 0.245. The summed E-state index contributed by atoms with van der Waals surface area (Å²) in [6, 6.07) is 6.32. The van der Waals surface area contributed by atoms with E-state index >= 15 is 0 Å². The Labute approximate surface area is 73.8 Å². The minimum atomic E-state index is -1.34. The molecule has 1 aliphatic heterocycles. The molecule has 1 atom stereocenters. The van der Waals surface area contributed by atoms with E-state index in [9.17, 15) is 14.7 Å². The lowest BCUT2D eigenvalue weighted by atomic mass is 10.0. The van der Waals surface area contributed by atoms with Crippen molar-refractivity contribution in [2.45, 2.75) is 6.10 Å². The van der Waals surface area contributed by atoms with Crippen molar-refractivity contribution in [3.8, 4) is 0 Å². The summed E-state index contributed by atoms with van der Waals surface area (Å²) in [5.41, 5.74) is 0.554. The summed E-state index contributed by atoms with van der Waals surface area (Å²) in [7, 11) is 0. The standard InChI is InChI=1S/C9H6O4/c10-7-5-3-1-2-4-6(5)8(11)13-9(7)12/h1-4,7,10H/t7-/m1/s1. The zero-order valence-electron chi connectivity index (χ0n) is 6.56. The Morgan fingerprint density at radius 1 is 1.23 bits per heavy atom. The van der Waals surface area contributed by atoms with Gasteiger partial charge < -0.3 is 9.84 Å². The van der Waals surface area contributed by atoms with Gasteiger partial charge in [0, 0.05) is 5.56 Å². The van der Waals surface area contributed by atoms with Gasteiger partial charge in [-0.3, -0.25) is 0 Å². The van der Waals surface area contributed by atoms with Crippen LogP contribution in [0.3, 0.4) is 0 Å². The Kier molecular flexibility index (Phi) is 1.63. The molecule has 1 aromatic carbocycles. The number of ether oxygens (including phenoxy) is 1. The first-order valence-electron chi connectivity index (χ1n) is 3.73. The van der Waals surface area contributed by atoms with Gasteiger partial charge in [-0.1, -0.05) is 18.2 Å². The second-order valence-electron chi connectivity index (χ2n) is 2.70. The van der Waals surface area contributed by atoms with Crippen LogP contribution in [0, 0.1) is 0 Å². The van der Waals surface area contributed by atoms with Gasteiger partial charge in [0.25, 0.3) is 0 Å². The molecule has 0 saturated heterocycles. The third kappa shape index (κ3) is 1.11. The smallest absolute Gasteiger partial charge is 0.347 e. The highest BCUT2D eigenvalue weighted by Crippen LogP contribution is 2.24. The lowest BCUT2D eigenvalue weighted by Crippen LogP contribution is -2.27. The second-order valence-corrected chi connectivity index (χ2v) is 2.70. The number of cyclic esters (lactones) is 2. The average molecular weight is 178 g/mol. The van der Waals surface area contributed by atoms with Crippen LogP contribution in [0.1, 0.15) is 22.0 Å². The van der Waals surface area contributed by atoms with E-state index in [1.54, 1.807) is 12.1 Å². The molecule has 1 aliphatic rings. The first-order chi connectivity index (χ1) is 6.20. The van der Waals surface area contributed by atoms with Gasteiger partial charge in [-0.2, -0.15) is 0 Å². The summed E-state index contributed by atoms with van der Waals surface area (Å²) in [6.07, 6.45) is -1.34. The van der Waals surface area contributed by atoms with Gasteiger partial charge in [-0.25, -0.2) is 9.59 Å². The maximum absolute atomic E-state index is 11.1. The normalized spacial score (nSPS) is 20.8. The Morgan fingerprint density at radius 3 is 2.69 bits per heavy atom. The van der Waals surface area contributed by atoms with Gasteiger partial charge in [0.15, 0.2) is 6.10 Å². The van der Waals surface area contributed by atoms with Gasteiger partial charge in [-0.15, -0.1) is 0 Å². The van der Waals surface area contributed by atoms with E-state index in [1.165, 1.54) is 12.1 Å². The number of carbonyl (C=O) groups excluding carboxylic acids is 2. The van der Waals surface area contributed by atoms with Crippen molar-refractivity contribution in [3.63, 3.8) is 0 Å². The number of rotatable bonds is 0. The van der Waals surface area contributed by atoms with E-state index < -0.39 is 18.0 Å². The molecule has 66 valence electrons. The number of fused-ring (bicyclic) bond motifs is 1. The monoisotopic (exact) mass is 178 g/mol. The second kappa shape index (κ2) is 2.67. The third-order valence-corrected chi connectivity index (χ3v) is 1.89. The molecule has 13 heavy (non-hydrogen) atoms. The number of hydrogen-bond acceptors (Lipinski definition) is 4. The number of aliphatic hydroxyl groups excluding tert-OH is 1. The first kappa shape index (κ1) is 7.94. The van der Waals surface area contributed by atoms with Gasteiger partial charge in [0.2, 0.25) is 0 Å². The molecule has 0 fully saturated rings. The molecule has 4 heteroatoms. The predicted octanol–water partition coefficient (Wildman–Crippen LogP) is 0.417. The first-order valence-corrected chi connectivity index (χ1v) is 3.73. The van der Waals surface area contributed by atoms with Gasteiger partial charge in [0.05, 0.1) is 5.56 Å². The van der Waals surface area contributed by atoms with Gasteiger partial charge >= 0.3 is 11.9 Å². The van der Waals surface area contributed by atoms with Crippen molar-refractivity contribution >= 4 is 11.9 Å². The molecule has 1 aromatic rings. The lowest BCUT2D eigenvalue weighted by molar-refractivity contribution is -0.149. The fraction of sp³-hybridized carbons (Fsp3) is 0.111. The number of esters is 2. The SMILES string of the molecule is O=C1OC(=O)[C@H](O)c2ccccc21.